The fourth-order valence-corrected chi connectivity index (χ4v) is 1.86. The molecule has 2 nitrogen and oxygen atoms in total. The molecule has 0 unspecified atom stereocenters. The summed E-state index contributed by atoms with van der Waals surface area (Å²) in [6.45, 7) is 6.38. The summed E-state index contributed by atoms with van der Waals surface area (Å²) in [5, 5.41) is 0.734. The molecule has 14 heavy (non-hydrogen) atoms. The van der Waals surface area contributed by atoms with E-state index in [-0.39, 0.29) is 0 Å². The lowest BCUT2D eigenvalue weighted by molar-refractivity contribution is 0.821. The summed E-state index contributed by atoms with van der Waals surface area (Å²) in [5.74, 6) is 0.452. The van der Waals surface area contributed by atoms with Crippen molar-refractivity contribution in [2.24, 2.45) is 0 Å². The lowest BCUT2D eigenvalue weighted by Crippen LogP contribution is -1.91. The van der Waals surface area contributed by atoms with Gasteiger partial charge in [0.25, 0.3) is 0 Å². The van der Waals surface area contributed by atoms with Crippen LogP contribution in [0.1, 0.15) is 31.2 Å². The van der Waals surface area contributed by atoms with Crippen LogP contribution in [0.5, 0.6) is 0 Å². The first kappa shape index (κ1) is 9.53. The second-order valence-electron chi connectivity index (χ2n) is 3.81. The summed E-state index contributed by atoms with van der Waals surface area (Å²) < 4.78 is 2.07. The van der Waals surface area contributed by atoms with Crippen LogP contribution < -0.4 is 0 Å². The Morgan fingerprint density at radius 2 is 2.14 bits per heavy atom. The van der Waals surface area contributed by atoms with Crippen LogP contribution in [0.15, 0.2) is 18.3 Å². The van der Waals surface area contributed by atoms with Crippen molar-refractivity contribution in [3.05, 3.63) is 34.7 Å². The predicted molar refractivity (Wildman–Crippen MR) is 59.0 cm³/mol. The minimum Gasteiger partial charge on any atom is -0.304 e. The van der Waals surface area contributed by atoms with Gasteiger partial charge in [-0.3, -0.25) is 0 Å². The number of aryl methyl sites for hydroxylation is 1. The second kappa shape index (κ2) is 3.28. The van der Waals surface area contributed by atoms with Crippen LogP contribution in [0, 0.1) is 6.92 Å². The van der Waals surface area contributed by atoms with Crippen LogP contribution in [0.2, 0.25) is 5.02 Å². The van der Waals surface area contributed by atoms with Crippen LogP contribution in [0.25, 0.3) is 5.65 Å². The maximum Gasteiger partial charge on any atom is 0.138 e. The van der Waals surface area contributed by atoms with Crippen LogP contribution in [0.4, 0.5) is 0 Å². The van der Waals surface area contributed by atoms with Crippen molar-refractivity contribution in [3.8, 4) is 0 Å². The third kappa shape index (κ3) is 1.40. The highest BCUT2D eigenvalue weighted by atomic mass is 35.5. The van der Waals surface area contributed by atoms with E-state index >= 15 is 0 Å². The van der Waals surface area contributed by atoms with Gasteiger partial charge < -0.3 is 4.40 Å². The Labute approximate surface area is 88.5 Å². The fourth-order valence-electron chi connectivity index (χ4n) is 1.71. The zero-order valence-corrected chi connectivity index (χ0v) is 9.34. The van der Waals surface area contributed by atoms with E-state index in [1.165, 1.54) is 5.69 Å². The van der Waals surface area contributed by atoms with Crippen LogP contribution >= 0.6 is 11.6 Å². The number of hydrogen-bond acceptors (Lipinski definition) is 1. The largest absolute Gasteiger partial charge is 0.304 e. The Hall–Kier alpha value is -1.02. The second-order valence-corrected chi connectivity index (χ2v) is 4.25. The third-order valence-electron chi connectivity index (χ3n) is 2.41. The Bertz CT molecular complexity index is 471. The molecule has 0 aliphatic heterocycles. The SMILES string of the molecule is Cc1c(C(C)C)nc2cc(Cl)ccn12. The fraction of sp³-hybridized carbons (Fsp3) is 0.364. The Morgan fingerprint density at radius 3 is 2.79 bits per heavy atom. The number of halogens is 1. The number of fused-ring (bicyclic) bond motifs is 1. The van der Waals surface area contributed by atoms with Crippen molar-refractivity contribution in [1.29, 1.82) is 0 Å². The molecule has 0 atom stereocenters. The van der Waals surface area contributed by atoms with Crippen molar-refractivity contribution in [2.45, 2.75) is 26.7 Å². The lowest BCUT2D eigenvalue weighted by atomic mass is 10.1. The number of aromatic nitrogens is 2. The van der Waals surface area contributed by atoms with E-state index < -0.39 is 0 Å². The van der Waals surface area contributed by atoms with Gasteiger partial charge in [-0.05, 0) is 18.9 Å². The van der Waals surface area contributed by atoms with Crippen molar-refractivity contribution in [3.63, 3.8) is 0 Å². The molecular formula is C11H13ClN2. The summed E-state index contributed by atoms with van der Waals surface area (Å²) in [4.78, 5) is 4.55. The average Bonchev–Trinajstić information content (AvgIpc) is 2.43. The van der Waals surface area contributed by atoms with E-state index in [1.54, 1.807) is 0 Å². The van der Waals surface area contributed by atoms with Crippen LogP contribution in [-0.4, -0.2) is 9.38 Å². The minimum absolute atomic E-state index is 0.452. The maximum absolute atomic E-state index is 5.91. The summed E-state index contributed by atoms with van der Waals surface area (Å²) in [5.41, 5.74) is 3.28. The lowest BCUT2D eigenvalue weighted by Gasteiger charge is -2.00. The molecule has 3 heteroatoms. The van der Waals surface area contributed by atoms with Gasteiger partial charge in [0.2, 0.25) is 0 Å². The molecule has 0 radical (unpaired) electrons. The molecule has 0 bridgehead atoms. The van der Waals surface area contributed by atoms with Crippen molar-refractivity contribution < 1.29 is 0 Å². The maximum atomic E-state index is 5.91. The van der Waals surface area contributed by atoms with Gasteiger partial charge in [0.15, 0.2) is 0 Å². The third-order valence-corrected chi connectivity index (χ3v) is 2.65. The molecule has 74 valence electrons. The van der Waals surface area contributed by atoms with Crippen molar-refractivity contribution >= 4 is 17.2 Å². The molecule has 0 saturated carbocycles. The van der Waals surface area contributed by atoms with E-state index in [0.29, 0.717) is 5.92 Å². The number of imidazole rings is 1. The molecule has 0 aliphatic rings. The smallest absolute Gasteiger partial charge is 0.138 e. The summed E-state index contributed by atoms with van der Waals surface area (Å²) in [6, 6.07) is 3.77. The zero-order valence-electron chi connectivity index (χ0n) is 8.58. The monoisotopic (exact) mass is 208 g/mol. The molecule has 0 spiro atoms. The first-order valence-corrected chi connectivity index (χ1v) is 5.11. The van der Waals surface area contributed by atoms with Gasteiger partial charge >= 0.3 is 0 Å². The highest BCUT2D eigenvalue weighted by molar-refractivity contribution is 6.30. The molecule has 2 aromatic rings. The molecule has 2 aromatic heterocycles. The van der Waals surface area contributed by atoms with E-state index in [2.05, 4.69) is 30.2 Å². The van der Waals surface area contributed by atoms with Crippen LogP contribution in [0.3, 0.4) is 0 Å². The van der Waals surface area contributed by atoms with Gasteiger partial charge in [0, 0.05) is 23.0 Å². The Kier molecular flexibility index (Phi) is 2.23. The first-order chi connectivity index (χ1) is 6.59. The van der Waals surface area contributed by atoms with Gasteiger partial charge in [-0.2, -0.15) is 0 Å². The van der Waals surface area contributed by atoms with E-state index in [9.17, 15) is 0 Å². The minimum atomic E-state index is 0.452. The molecule has 0 aromatic carbocycles. The molecule has 0 fully saturated rings. The summed E-state index contributed by atoms with van der Waals surface area (Å²) in [7, 11) is 0. The standard InChI is InChI=1S/C11H13ClN2/c1-7(2)11-8(3)14-5-4-9(12)6-10(14)13-11/h4-7H,1-3H3. The Morgan fingerprint density at radius 1 is 1.43 bits per heavy atom. The van der Waals surface area contributed by atoms with Gasteiger partial charge in [-0.15, -0.1) is 0 Å². The van der Waals surface area contributed by atoms with E-state index in [0.717, 1.165) is 16.4 Å². The molecule has 0 amide bonds. The zero-order chi connectivity index (χ0) is 10.3. The number of hydrogen-bond donors (Lipinski definition) is 0. The molecule has 2 rings (SSSR count). The highest BCUT2D eigenvalue weighted by Crippen LogP contribution is 2.21. The Balaban J connectivity index is 2.73. The molecule has 0 saturated heterocycles. The average molecular weight is 209 g/mol. The van der Waals surface area contributed by atoms with Crippen molar-refractivity contribution in [2.75, 3.05) is 0 Å². The van der Waals surface area contributed by atoms with Gasteiger partial charge in [0.05, 0.1) is 5.69 Å². The predicted octanol–water partition coefficient (Wildman–Crippen LogP) is 3.42. The van der Waals surface area contributed by atoms with Gasteiger partial charge in [-0.1, -0.05) is 25.4 Å². The van der Waals surface area contributed by atoms with Crippen LogP contribution in [-0.2, 0) is 0 Å². The topological polar surface area (TPSA) is 17.3 Å². The molecule has 2 heterocycles. The van der Waals surface area contributed by atoms with E-state index in [1.807, 2.05) is 18.3 Å². The highest BCUT2D eigenvalue weighted by Gasteiger charge is 2.10. The molecular weight excluding hydrogens is 196 g/mol. The number of pyridine rings is 1. The normalized spacial score (nSPS) is 11.5. The van der Waals surface area contributed by atoms with Gasteiger partial charge in [0.1, 0.15) is 5.65 Å². The molecule has 0 N–H and O–H groups in total. The molecule has 0 aliphatic carbocycles. The summed E-state index contributed by atoms with van der Waals surface area (Å²) in [6.07, 6.45) is 1.96. The van der Waals surface area contributed by atoms with Crippen molar-refractivity contribution in [1.82, 2.24) is 9.38 Å². The quantitative estimate of drug-likeness (QED) is 0.702. The summed E-state index contributed by atoms with van der Waals surface area (Å²) >= 11 is 5.91. The van der Waals surface area contributed by atoms with Gasteiger partial charge in [-0.25, -0.2) is 4.98 Å². The first-order valence-electron chi connectivity index (χ1n) is 4.73. The number of nitrogens with zero attached hydrogens (tertiary/aromatic N) is 2. The number of rotatable bonds is 1. The van der Waals surface area contributed by atoms with E-state index in [4.69, 9.17) is 11.6 Å².